The molecule has 0 spiro atoms. The quantitative estimate of drug-likeness (QED) is 0.733. The topological polar surface area (TPSA) is 74.2 Å². The number of nitrogens with one attached hydrogen (secondary N) is 3. The Morgan fingerprint density at radius 3 is 2.95 bits per heavy atom. The van der Waals surface area contributed by atoms with E-state index in [1.54, 1.807) is 12.4 Å². The van der Waals surface area contributed by atoms with Gasteiger partial charge < -0.3 is 10.7 Å². The predicted octanol–water partition coefficient (Wildman–Crippen LogP) is 0.427. The van der Waals surface area contributed by atoms with Crippen LogP contribution in [0.4, 0.5) is 0 Å². The SMILES string of the molecule is Cc1nccnc1CCC1=C2CNNC2=NC(C)N1. The second kappa shape index (κ2) is 4.97. The summed E-state index contributed by atoms with van der Waals surface area (Å²) in [5, 5.41) is 3.44. The van der Waals surface area contributed by atoms with Gasteiger partial charge in [-0.3, -0.25) is 9.97 Å². The lowest BCUT2D eigenvalue weighted by Crippen LogP contribution is -2.35. The van der Waals surface area contributed by atoms with Crippen LogP contribution >= 0.6 is 0 Å². The zero-order valence-corrected chi connectivity index (χ0v) is 11.2. The van der Waals surface area contributed by atoms with Crippen LogP contribution in [0.2, 0.25) is 0 Å². The Balaban J connectivity index is 1.76. The average Bonchev–Trinajstić information content (AvgIpc) is 2.85. The van der Waals surface area contributed by atoms with Crippen molar-refractivity contribution < 1.29 is 0 Å². The number of nitrogens with zero attached hydrogens (tertiary/aromatic N) is 3. The summed E-state index contributed by atoms with van der Waals surface area (Å²) in [4.78, 5) is 13.2. The van der Waals surface area contributed by atoms with E-state index in [9.17, 15) is 0 Å². The maximum Gasteiger partial charge on any atom is 0.143 e. The van der Waals surface area contributed by atoms with Crippen LogP contribution in [0.3, 0.4) is 0 Å². The largest absolute Gasteiger partial charge is 0.367 e. The van der Waals surface area contributed by atoms with Gasteiger partial charge in [0.15, 0.2) is 0 Å². The van der Waals surface area contributed by atoms with Gasteiger partial charge in [-0.2, -0.15) is 0 Å². The third kappa shape index (κ3) is 2.44. The summed E-state index contributed by atoms with van der Waals surface area (Å²) in [5.41, 5.74) is 10.8. The van der Waals surface area contributed by atoms with Gasteiger partial charge in [0.05, 0.1) is 11.4 Å². The maximum atomic E-state index is 4.51. The Morgan fingerprint density at radius 1 is 1.26 bits per heavy atom. The van der Waals surface area contributed by atoms with Crippen molar-refractivity contribution in [3.63, 3.8) is 0 Å². The third-order valence-electron chi connectivity index (χ3n) is 3.42. The van der Waals surface area contributed by atoms with E-state index in [4.69, 9.17) is 0 Å². The lowest BCUT2D eigenvalue weighted by Gasteiger charge is -2.22. The molecule has 0 saturated carbocycles. The molecule has 1 fully saturated rings. The van der Waals surface area contributed by atoms with E-state index in [2.05, 4.69) is 38.1 Å². The van der Waals surface area contributed by atoms with Gasteiger partial charge in [0.1, 0.15) is 12.0 Å². The van der Waals surface area contributed by atoms with Crippen LogP contribution in [-0.2, 0) is 6.42 Å². The monoisotopic (exact) mass is 258 g/mol. The molecule has 0 aliphatic carbocycles. The van der Waals surface area contributed by atoms with Crippen LogP contribution in [-0.4, -0.2) is 28.5 Å². The van der Waals surface area contributed by atoms with Crippen LogP contribution in [0, 0.1) is 6.92 Å². The highest BCUT2D eigenvalue weighted by Crippen LogP contribution is 2.18. The van der Waals surface area contributed by atoms with Gasteiger partial charge in [0.25, 0.3) is 0 Å². The summed E-state index contributed by atoms with van der Waals surface area (Å²) < 4.78 is 0. The maximum absolute atomic E-state index is 4.51. The first-order valence-electron chi connectivity index (χ1n) is 6.56. The van der Waals surface area contributed by atoms with Crippen LogP contribution in [0.15, 0.2) is 28.7 Å². The van der Waals surface area contributed by atoms with Gasteiger partial charge in [-0.25, -0.2) is 10.4 Å². The summed E-state index contributed by atoms with van der Waals surface area (Å²) >= 11 is 0. The molecule has 2 aliphatic rings. The minimum Gasteiger partial charge on any atom is -0.367 e. The number of rotatable bonds is 3. The van der Waals surface area contributed by atoms with Crippen molar-refractivity contribution in [1.82, 2.24) is 26.1 Å². The number of hydrazine groups is 1. The molecular formula is C13H18N6. The third-order valence-corrected chi connectivity index (χ3v) is 3.42. The standard InChI is InChI=1S/C13H18N6/c1-8-11(15-6-5-14-8)3-4-12-10-7-16-19-13(10)18-9(2)17-12/h5-6,9,16-17H,3-4,7H2,1-2H3,(H,18,19). The number of hydrogen-bond donors (Lipinski definition) is 3. The van der Waals surface area contributed by atoms with E-state index in [0.29, 0.717) is 0 Å². The molecule has 3 heterocycles. The normalized spacial score (nSPS) is 21.6. The van der Waals surface area contributed by atoms with Gasteiger partial charge in [-0.15, -0.1) is 0 Å². The second-order valence-corrected chi connectivity index (χ2v) is 4.82. The first kappa shape index (κ1) is 12.1. The van der Waals surface area contributed by atoms with E-state index in [1.807, 2.05) is 6.92 Å². The summed E-state index contributed by atoms with van der Waals surface area (Å²) in [7, 11) is 0. The molecule has 100 valence electrons. The molecule has 0 amide bonds. The number of hydrogen-bond acceptors (Lipinski definition) is 6. The van der Waals surface area contributed by atoms with Crippen molar-refractivity contribution in [1.29, 1.82) is 0 Å². The van der Waals surface area contributed by atoms with Gasteiger partial charge in [0, 0.05) is 30.2 Å². The number of allylic oxidation sites excluding steroid dienone is 1. The molecule has 2 aliphatic heterocycles. The first-order chi connectivity index (χ1) is 9.24. The van der Waals surface area contributed by atoms with Crippen molar-refractivity contribution in [2.24, 2.45) is 4.99 Å². The van der Waals surface area contributed by atoms with E-state index in [1.165, 1.54) is 11.3 Å². The molecule has 1 aromatic rings. The van der Waals surface area contributed by atoms with Crippen LogP contribution in [0.1, 0.15) is 24.7 Å². The molecule has 0 bridgehead atoms. The van der Waals surface area contributed by atoms with Crippen molar-refractivity contribution in [2.45, 2.75) is 32.9 Å². The molecular weight excluding hydrogens is 240 g/mol. The van der Waals surface area contributed by atoms with Gasteiger partial charge in [-0.05, 0) is 26.7 Å². The molecule has 1 aromatic heterocycles. The number of aromatic nitrogens is 2. The molecule has 1 unspecified atom stereocenters. The molecule has 3 N–H and O–H groups in total. The number of aryl methyl sites for hydroxylation is 2. The van der Waals surface area contributed by atoms with E-state index in [0.717, 1.165) is 36.6 Å². The fourth-order valence-corrected chi connectivity index (χ4v) is 2.45. The van der Waals surface area contributed by atoms with Crippen LogP contribution in [0.5, 0.6) is 0 Å². The molecule has 19 heavy (non-hydrogen) atoms. The summed E-state index contributed by atoms with van der Waals surface area (Å²) in [6.45, 7) is 4.87. The van der Waals surface area contributed by atoms with Crippen molar-refractivity contribution >= 4 is 5.84 Å². The van der Waals surface area contributed by atoms with Crippen LogP contribution < -0.4 is 16.2 Å². The van der Waals surface area contributed by atoms with E-state index >= 15 is 0 Å². The number of amidine groups is 1. The fraction of sp³-hybridized carbons (Fsp3) is 0.462. The zero-order valence-electron chi connectivity index (χ0n) is 11.2. The molecule has 6 heteroatoms. The van der Waals surface area contributed by atoms with Crippen molar-refractivity contribution in [3.8, 4) is 0 Å². The van der Waals surface area contributed by atoms with E-state index in [-0.39, 0.29) is 6.17 Å². The Kier molecular flexibility index (Phi) is 3.16. The zero-order chi connectivity index (χ0) is 13.2. The molecule has 3 rings (SSSR count). The Hall–Kier alpha value is -1.95. The van der Waals surface area contributed by atoms with Gasteiger partial charge >= 0.3 is 0 Å². The highest BCUT2D eigenvalue weighted by molar-refractivity contribution is 6.01. The predicted molar refractivity (Wildman–Crippen MR) is 73.3 cm³/mol. The molecule has 6 nitrogen and oxygen atoms in total. The Labute approximate surface area is 112 Å². The first-order valence-corrected chi connectivity index (χ1v) is 6.56. The second-order valence-electron chi connectivity index (χ2n) is 4.82. The summed E-state index contributed by atoms with van der Waals surface area (Å²) in [5.74, 6) is 0.970. The Morgan fingerprint density at radius 2 is 2.11 bits per heavy atom. The number of aliphatic imine (C=N–C) groups is 1. The molecule has 1 saturated heterocycles. The lowest BCUT2D eigenvalue weighted by atomic mass is 10.1. The van der Waals surface area contributed by atoms with Gasteiger partial charge in [-0.1, -0.05) is 0 Å². The number of fused-ring (bicyclic) bond motifs is 1. The highest BCUT2D eigenvalue weighted by Gasteiger charge is 2.24. The molecule has 0 radical (unpaired) electrons. The lowest BCUT2D eigenvalue weighted by molar-refractivity contribution is 0.601. The molecule has 1 atom stereocenters. The van der Waals surface area contributed by atoms with Gasteiger partial charge in [0.2, 0.25) is 0 Å². The van der Waals surface area contributed by atoms with Crippen molar-refractivity contribution in [3.05, 3.63) is 35.1 Å². The minimum absolute atomic E-state index is 0.115. The summed E-state index contributed by atoms with van der Waals surface area (Å²) in [6, 6.07) is 0. The smallest absolute Gasteiger partial charge is 0.143 e. The average molecular weight is 258 g/mol. The minimum atomic E-state index is 0.115. The van der Waals surface area contributed by atoms with Crippen molar-refractivity contribution in [2.75, 3.05) is 6.54 Å². The molecule has 0 aromatic carbocycles. The highest BCUT2D eigenvalue weighted by atomic mass is 15.4. The summed E-state index contributed by atoms with van der Waals surface area (Å²) in [6.07, 6.45) is 5.43. The van der Waals surface area contributed by atoms with Crippen LogP contribution in [0.25, 0.3) is 0 Å². The fourth-order valence-electron chi connectivity index (χ4n) is 2.45. The van der Waals surface area contributed by atoms with E-state index < -0.39 is 0 Å². The Bertz CT molecular complexity index is 548.